The average molecular weight is 449 g/mol. The van der Waals surface area contributed by atoms with Gasteiger partial charge in [-0.05, 0) is 6.07 Å². The Bertz CT molecular complexity index is 650. The zero-order valence-electron chi connectivity index (χ0n) is 11.4. The fourth-order valence-electron chi connectivity index (χ4n) is 2.07. The van der Waals surface area contributed by atoms with E-state index in [1.807, 2.05) is 72.9 Å². The second-order valence-corrected chi connectivity index (χ2v) is 4.45. The average Bonchev–Trinajstić information content (AvgIpc) is 2.55. The summed E-state index contributed by atoms with van der Waals surface area (Å²) in [6.07, 6.45) is 5.28. The molecule has 0 atom stereocenters. The molecule has 0 unspecified atom stereocenters. The molecule has 0 saturated carbocycles. The molecule has 1 aromatic heterocycles. The van der Waals surface area contributed by atoms with Crippen LogP contribution in [0.5, 0.6) is 0 Å². The summed E-state index contributed by atoms with van der Waals surface area (Å²) in [6.45, 7) is 0. The van der Waals surface area contributed by atoms with Crippen LogP contribution in [-0.4, -0.2) is 4.98 Å². The standard InChI is InChI=1S/C19H14N.Ir/c1-3-9-16(10-4-1)15-18(17-11-5-2-6-12-17)19-13-7-8-14-20-19;/h1-14H;/q-1;. The quantitative estimate of drug-likeness (QED) is 0.429. The zero-order chi connectivity index (χ0) is 13.6. The Kier molecular flexibility index (Phi) is 5.62. The molecular formula is C19H14IrN-. The number of nitrogens with zero attached hydrogens (tertiary/aromatic N) is 1. The van der Waals surface area contributed by atoms with Gasteiger partial charge in [0, 0.05) is 32.0 Å². The number of hydrogen-bond acceptors (Lipinski definition) is 1. The molecule has 1 nitrogen and oxygen atoms in total. The van der Waals surface area contributed by atoms with Crippen LogP contribution in [0.3, 0.4) is 0 Å². The Morgan fingerprint density at radius 3 is 1.95 bits per heavy atom. The van der Waals surface area contributed by atoms with Crippen molar-refractivity contribution < 1.29 is 20.1 Å². The Morgan fingerprint density at radius 2 is 1.33 bits per heavy atom. The first-order valence-corrected chi connectivity index (χ1v) is 6.59. The summed E-state index contributed by atoms with van der Waals surface area (Å²) < 4.78 is 0. The molecule has 0 aliphatic carbocycles. The topological polar surface area (TPSA) is 12.9 Å². The number of aromatic nitrogens is 1. The molecule has 0 N–H and O–H groups in total. The van der Waals surface area contributed by atoms with Crippen molar-refractivity contribution in [3.8, 4) is 0 Å². The molecule has 0 amide bonds. The summed E-state index contributed by atoms with van der Waals surface area (Å²) in [7, 11) is 0. The Hall–Kier alpha value is -2.02. The van der Waals surface area contributed by atoms with Gasteiger partial charge in [0.2, 0.25) is 0 Å². The molecule has 21 heavy (non-hydrogen) atoms. The van der Waals surface area contributed by atoms with E-state index in [9.17, 15) is 0 Å². The number of pyridine rings is 1. The van der Waals surface area contributed by atoms with Crippen LogP contribution in [0.4, 0.5) is 0 Å². The molecule has 1 heterocycles. The molecular weight excluding hydrogens is 434 g/mol. The predicted molar refractivity (Wildman–Crippen MR) is 82.0 cm³/mol. The van der Waals surface area contributed by atoms with E-state index in [0.717, 1.165) is 22.4 Å². The van der Waals surface area contributed by atoms with E-state index in [2.05, 4.69) is 23.2 Å². The number of rotatable bonds is 3. The third-order valence-corrected chi connectivity index (χ3v) is 3.03. The SMILES string of the molecule is [C-](=C(c1ccccc1)c1ccccn1)c1ccccc1.[Ir]. The summed E-state index contributed by atoms with van der Waals surface area (Å²) in [5.74, 6) is 0. The van der Waals surface area contributed by atoms with Crippen molar-refractivity contribution in [2.45, 2.75) is 0 Å². The van der Waals surface area contributed by atoms with Gasteiger partial charge in [0.05, 0.1) is 0 Å². The fraction of sp³-hybridized carbons (Fsp3) is 0. The van der Waals surface area contributed by atoms with Crippen molar-refractivity contribution in [3.05, 3.63) is 108 Å². The van der Waals surface area contributed by atoms with Crippen LogP contribution >= 0.6 is 0 Å². The van der Waals surface area contributed by atoms with Crippen molar-refractivity contribution in [2.75, 3.05) is 0 Å². The maximum absolute atomic E-state index is 4.45. The molecule has 3 aromatic rings. The van der Waals surface area contributed by atoms with Gasteiger partial charge >= 0.3 is 0 Å². The third-order valence-electron chi connectivity index (χ3n) is 3.03. The van der Waals surface area contributed by atoms with E-state index in [1.165, 1.54) is 0 Å². The van der Waals surface area contributed by atoms with Crippen LogP contribution in [0.2, 0.25) is 0 Å². The Balaban J connectivity index is 0.00000161. The number of benzene rings is 2. The number of hydrogen-bond donors (Lipinski definition) is 0. The van der Waals surface area contributed by atoms with Crippen LogP contribution in [0.15, 0.2) is 85.1 Å². The second-order valence-electron chi connectivity index (χ2n) is 4.45. The normalized spacial score (nSPS) is 10.8. The van der Waals surface area contributed by atoms with Crippen molar-refractivity contribution in [1.82, 2.24) is 4.98 Å². The molecule has 0 aliphatic rings. The van der Waals surface area contributed by atoms with E-state index in [-0.39, 0.29) is 20.1 Å². The molecule has 0 spiro atoms. The molecule has 0 saturated heterocycles. The largest absolute Gasteiger partial charge is 0.295 e. The molecule has 2 heteroatoms. The monoisotopic (exact) mass is 449 g/mol. The Labute approximate surface area is 138 Å². The fourth-order valence-corrected chi connectivity index (χ4v) is 2.07. The van der Waals surface area contributed by atoms with Gasteiger partial charge in [-0.25, -0.2) is 0 Å². The first-order chi connectivity index (χ1) is 9.93. The minimum absolute atomic E-state index is 0. The summed E-state index contributed by atoms with van der Waals surface area (Å²) in [6, 6.07) is 26.3. The van der Waals surface area contributed by atoms with Crippen LogP contribution in [0.25, 0.3) is 5.57 Å². The minimum Gasteiger partial charge on any atom is -0.295 e. The first kappa shape index (κ1) is 15.4. The zero-order valence-corrected chi connectivity index (χ0v) is 13.8. The molecule has 0 aliphatic heterocycles. The van der Waals surface area contributed by atoms with Gasteiger partial charge in [-0.1, -0.05) is 71.8 Å². The Morgan fingerprint density at radius 1 is 0.714 bits per heavy atom. The van der Waals surface area contributed by atoms with Crippen LogP contribution in [-0.2, 0) is 20.1 Å². The van der Waals surface area contributed by atoms with Gasteiger partial charge < -0.3 is 0 Å². The van der Waals surface area contributed by atoms with E-state index < -0.39 is 0 Å². The molecule has 105 valence electrons. The van der Waals surface area contributed by atoms with Crippen LogP contribution < -0.4 is 0 Å². The molecule has 3 rings (SSSR count). The van der Waals surface area contributed by atoms with Gasteiger partial charge in [-0.2, -0.15) is 0 Å². The van der Waals surface area contributed by atoms with Crippen molar-refractivity contribution in [3.63, 3.8) is 0 Å². The summed E-state index contributed by atoms with van der Waals surface area (Å²) in [5, 5.41) is 0. The molecule has 2 aromatic carbocycles. The van der Waals surface area contributed by atoms with Gasteiger partial charge in [0.15, 0.2) is 0 Å². The minimum atomic E-state index is 0. The summed E-state index contributed by atoms with van der Waals surface area (Å²) >= 11 is 0. The van der Waals surface area contributed by atoms with Crippen LogP contribution in [0, 0.1) is 6.08 Å². The van der Waals surface area contributed by atoms with Crippen molar-refractivity contribution in [1.29, 1.82) is 0 Å². The molecule has 0 fully saturated rings. The molecule has 0 bridgehead atoms. The van der Waals surface area contributed by atoms with Crippen molar-refractivity contribution >= 4 is 5.57 Å². The summed E-state index contributed by atoms with van der Waals surface area (Å²) in [5.41, 5.74) is 4.12. The summed E-state index contributed by atoms with van der Waals surface area (Å²) in [4.78, 5) is 4.45. The van der Waals surface area contributed by atoms with E-state index in [4.69, 9.17) is 0 Å². The van der Waals surface area contributed by atoms with E-state index >= 15 is 0 Å². The van der Waals surface area contributed by atoms with Gasteiger partial charge in [0.1, 0.15) is 0 Å². The van der Waals surface area contributed by atoms with Gasteiger partial charge in [-0.3, -0.25) is 4.98 Å². The second kappa shape index (κ2) is 7.68. The van der Waals surface area contributed by atoms with E-state index in [0.29, 0.717) is 0 Å². The smallest absolute Gasteiger partial charge is 0.0183 e. The van der Waals surface area contributed by atoms with E-state index in [1.54, 1.807) is 0 Å². The maximum atomic E-state index is 4.45. The maximum Gasteiger partial charge on any atom is 0.0183 e. The van der Waals surface area contributed by atoms with Crippen molar-refractivity contribution in [2.24, 2.45) is 0 Å². The molecule has 1 radical (unpaired) electrons. The van der Waals surface area contributed by atoms with Gasteiger partial charge in [0.25, 0.3) is 0 Å². The third kappa shape index (κ3) is 3.98. The van der Waals surface area contributed by atoms with Gasteiger partial charge in [-0.15, -0.1) is 23.8 Å². The predicted octanol–water partition coefficient (Wildman–Crippen LogP) is 4.36. The first-order valence-electron chi connectivity index (χ1n) is 6.59. The van der Waals surface area contributed by atoms with Crippen LogP contribution in [0.1, 0.15) is 16.8 Å².